The number of hydrogen-bond donors (Lipinski definition) is 1. The summed E-state index contributed by atoms with van der Waals surface area (Å²) in [6, 6.07) is 15.0. The van der Waals surface area contributed by atoms with Crippen LogP contribution in [0.25, 0.3) is 11.0 Å². The highest BCUT2D eigenvalue weighted by Crippen LogP contribution is 2.36. The fourth-order valence-corrected chi connectivity index (χ4v) is 6.20. The van der Waals surface area contributed by atoms with Gasteiger partial charge in [0.05, 0.1) is 35.6 Å². The first-order chi connectivity index (χ1) is 23.2. The number of imidazole rings is 1. The number of amides is 3. The number of nitrogens with zero attached hydrogens (tertiary/aromatic N) is 6. The van der Waals surface area contributed by atoms with E-state index in [-0.39, 0.29) is 42.2 Å². The molecular formula is C34H39Cl2N7O5. The molecule has 0 aliphatic carbocycles. The summed E-state index contributed by atoms with van der Waals surface area (Å²) in [6.07, 6.45) is 2.27. The van der Waals surface area contributed by atoms with Crippen molar-refractivity contribution >= 4 is 57.6 Å². The van der Waals surface area contributed by atoms with Crippen molar-refractivity contribution in [2.75, 3.05) is 58.8 Å². The summed E-state index contributed by atoms with van der Waals surface area (Å²) in [5.74, 6) is 0.281. The third kappa shape index (κ3) is 8.18. The Labute approximate surface area is 289 Å². The van der Waals surface area contributed by atoms with Gasteiger partial charge in [-0.1, -0.05) is 35.3 Å². The average Bonchev–Trinajstić information content (AvgIpc) is 3.47. The van der Waals surface area contributed by atoms with Gasteiger partial charge in [-0.2, -0.15) is 4.98 Å². The zero-order valence-electron chi connectivity index (χ0n) is 27.2. The number of aromatic nitrogens is 3. The molecule has 0 radical (unpaired) electrons. The van der Waals surface area contributed by atoms with Gasteiger partial charge in [-0.25, -0.2) is 4.79 Å². The Hall–Kier alpha value is -4.39. The van der Waals surface area contributed by atoms with E-state index in [1.807, 2.05) is 41.0 Å². The van der Waals surface area contributed by atoms with Gasteiger partial charge in [0, 0.05) is 82.9 Å². The molecule has 0 atom stereocenters. The normalized spacial score (nSPS) is 13.4. The third-order valence-corrected chi connectivity index (χ3v) is 9.18. The van der Waals surface area contributed by atoms with Gasteiger partial charge in [-0.15, -0.1) is 0 Å². The van der Waals surface area contributed by atoms with E-state index in [4.69, 9.17) is 32.7 Å². The monoisotopic (exact) mass is 695 g/mol. The van der Waals surface area contributed by atoms with Crippen LogP contribution in [0.15, 0.2) is 54.7 Å². The SMILES string of the molecule is CNC(=O)N1CCN(CCC(=O)CCC(=O)N(C)c2ccc(Cl)c(COc3cccc4c3nc(OC)n4Cc3ccccn3)c2Cl)CC1. The summed E-state index contributed by atoms with van der Waals surface area (Å²) in [5.41, 5.74) is 3.25. The number of para-hydroxylation sites is 1. The van der Waals surface area contributed by atoms with Crippen molar-refractivity contribution in [1.29, 1.82) is 0 Å². The molecule has 2 aromatic heterocycles. The summed E-state index contributed by atoms with van der Waals surface area (Å²) in [5, 5.41) is 3.31. The van der Waals surface area contributed by atoms with Crippen LogP contribution < -0.4 is 19.7 Å². The van der Waals surface area contributed by atoms with Gasteiger partial charge in [-0.05, 0) is 36.4 Å². The van der Waals surface area contributed by atoms with Crippen LogP contribution >= 0.6 is 23.2 Å². The number of benzene rings is 2. The first-order valence-electron chi connectivity index (χ1n) is 15.7. The molecule has 1 aliphatic rings. The van der Waals surface area contributed by atoms with E-state index in [9.17, 15) is 14.4 Å². The van der Waals surface area contributed by atoms with Crippen LogP contribution in [-0.2, 0) is 22.7 Å². The minimum absolute atomic E-state index is 0.00931. The number of pyridine rings is 1. The summed E-state index contributed by atoms with van der Waals surface area (Å²) in [7, 11) is 4.80. The summed E-state index contributed by atoms with van der Waals surface area (Å²) in [6.45, 7) is 3.75. The second kappa shape index (κ2) is 16.1. The number of piperazine rings is 1. The van der Waals surface area contributed by atoms with Gasteiger partial charge in [0.15, 0.2) is 0 Å². The van der Waals surface area contributed by atoms with Crippen LogP contribution in [0.1, 0.15) is 30.5 Å². The highest BCUT2D eigenvalue weighted by atomic mass is 35.5. The molecule has 1 aliphatic heterocycles. The van der Waals surface area contributed by atoms with Crippen molar-refractivity contribution in [3.63, 3.8) is 0 Å². The number of carbonyl (C=O) groups is 3. The van der Waals surface area contributed by atoms with Gasteiger partial charge >= 0.3 is 6.03 Å². The van der Waals surface area contributed by atoms with E-state index in [0.29, 0.717) is 79.2 Å². The molecule has 12 nitrogen and oxygen atoms in total. The maximum atomic E-state index is 13.1. The van der Waals surface area contributed by atoms with Crippen LogP contribution in [0.2, 0.25) is 10.0 Å². The van der Waals surface area contributed by atoms with E-state index in [0.717, 1.165) is 11.2 Å². The highest BCUT2D eigenvalue weighted by molar-refractivity contribution is 6.38. The van der Waals surface area contributed by atoms with Crippen LogP contribution in [0.5, 0.6) is 11.8 Å². The minimum atomic E-state index is -0.242. The molecule has 0 spiro atoms. The molecule has 0 bridgehead atoms. The average molecular weight is 697 g/mol. The molecule has 48 heavy (non-hydrogen) atoms. The summed E-state index contributed by atoms with van der Waals surface area (Å²) < 4.78 is 13.7. The lowest BCUT2D eigenvalue weighted by Gasteiger charge is -2.34. The smallest absolute Gasteiger partial charge is 0.317 e. The molecule has 254 valence electrons. The Bertz CT molecular complexity index is 1760. The molecule has 0 unspecified atom stereocenters. The number of methoxy groups -OCH3 is 1. The van der Waals surface area contributed by atoms with Gasteiger partial charge in [-0.3, -0.25) is 24.0 Å². The van der Waals surface area contributed by atoms with Gasteiger partial charge in [0.2, 0.25) is 5.91 Å². The largest absolute Gasteiger partial charge is 0.486 e. The van der Waals surface area contributed by atoms with Crippen LogP contribution in [0.4, 0.5) is 10.5 Å². The van der Waals surface area contributed by atoms with E-state index in [1.165, 1.54) is 4.90 Å². The van der Waals surface area contributed by atoms with Crippen LogP contribution in [0, 0.1) is 0 Å². The molecular weight excluding hydrogens is 657 g/mol. The lowest BCUT2D eigenvalue weighted by Crippen LogP contribution is -2.51. The summed E-state index contributed by atoms with van der Waals surface area (Å²) in [4.78, 5) is 52.0. The number of ether oxygens (including phenoxy) is 2. The molecule has 1 fully saturated rings. The van der Waals surface area contributed by atoms with Crippen LogP contribution in [0.3, 0.4) is 0 Å². The highest BCUT2D eigenvalue weighted by Gasteiger charge is 2.23. The number of fused-ring (bicyclic) bond motifs is 1. The van der Waals surface area contributed by atoms with Crippen LogP contribution in [-0.4, -0.2) is 96.0 Å². The Kier molecular flexibility index (Phi) is 11.7. The van der Waals surface area contributed by atoms with Crippen molar-refractivity contribution in [2.24, 2.45) is 0 Å². The molecule has 4 aromatic rings. The zero-order valence-corrected chi connectivity index (χ0v) is 28.8. The Morgan fingerprint density at radius 1 is 0.979 bits per heavy atom. The first-order valence-corrected chi connectivity index (χ1v) is 16.5. The van der Waals surface area contributed by atoms with Crippen molar-refractivity contribution in [1.82, 2.24) is 29.7 Å². The number of rotatable bonds is 13. The fraction of sp³-hybridized carbons (Fsp3) is 0.382. The quantitative estimate of drug-likeness (QED) is 0.207. The summed E-state index contributed by atoms with van der Waals surface area (Å²) >= 11 is 13.4. The Balaban J connectivity index is 1.19. The number of anilines is 1. The first kappa shape index (κ1) is 34.9. The molecule has 2 aromatic carbocycles. The third-order valence-electron chi connectivity index (χ3n) is 8.41. The topological polar surface area (TPSA) is 122 Å². The van der Waals surface area contributed by atoms with E-state index >= 15 is 0 Å². The molecule has 5 rings (SSSR count). The second-order valence-corrected chi connectivity index (χ2v) is 12.2. The van der Waals surface area contributed by atoms with Crippen molar-refractivity contribution in [3.05, 3.63) is 76.0 Å². The van der Waals surface area contributed by atoms with Gasteiger partial charge in [0.1, 0.15) is 23.7 Å². The number of carbonyl (C=O) groups excluding carboxylic acids is 3. The molecule has 0 saturated carbocycles. The molecule has 3 heterocycles. The minimum Gasteiger partial charge on any atom is -0.486 e. The fourth-order valence-electron chi connectivity index (χ4n) is 5.59. The molecule has 1 saturated heterocycles. The predicted molar refractivity (Wildman–Crippen MR) is 185 cm³/mol. The Morgan fingerprint density at radius 2 is 1.77 bits per heavy atom. The number of Topliss-reactive ketones (excluding diaryl/α,β-unsaturated/α-hetero) is 1. The maximum Gasteiger partial charge on any atom is 0.317 e. The van der Waals surface area contributed by atoms with E-state index in [1.54, 1.807) is 44.4 Å². The number of halogens is 2. The van der Waals surface area contributed by atoms with E-state index < -0.39 is 0 Å². The van der Waals surface area contributed by atoms with E-state index in [2.05, 4.69) is 20.2 Å². The molecule has 1 N–H and O–H groups in total. The lowest BCUT2D eigenvalue weighted by atomic mass is 10.1. The van der Waals surface area contributed by atoms with Gasteiger partial charge < -0.3 is 24.6 Å². The van der Waals surface area contributed by atoms with Crippen molar-refractivity contribution < 1.29 is 23.9 Å². The molecule has 14 heteroatoms. The predicted octanol–water partition coefficient (Wildman–Crippen LogP) is 5.03. The standard InChI is InChI=1S/C34H39Cl2N7O5/c1-37-33(46)42-19-17-41(18-20-42)16-14-24(44)10-13-30(45)40(2)27-12-11-26(35)25(31(27)36)22-48-29-9-6-8-28-32(29)39-34(47-3)43(28)21-23-7-4-5-15-38-23/h4-9,11-12,15H,10,13-14,16-22H2,1-3H3,(H,37,46). The lowest BCUT2D eigenvalue weighted by molar-refractivity contribution is -0.124. The zero-order chi connectivity index (χ0) is 34.2. The Morgan fingerprint density at radius 3 is 2.48 bits per heavy atom. The van der Waals surface area contributed by atoms with Crippen molar-refractivity contribution in [3.8, 4) is 11.8 Å². The second-order valence-electron chi connectivity index (χ2n) is 11.4. The molecule has 3 amide bonds. The number of urea groups is 1. The van der Waals surface area contributed by atoms with Crippen molar-refractivity contribution in [2.45, 2.75) is 32.4 Å². The number of hydrogen-bond acceptors (Lipinski definition) is 8. The number of ketones is 1. The number of nitrogens with one attached hydrogen (secondary N) is 1. The van der Waals surface area contributed by atoms with Gasteiger partial charge in [0.25, 0.3) is 6.01 Å². The maximum absolute atomic E-state index is 13.1.